The van der Waals surface area contributed by atoms with Gasteiger partial charge in [0.15, 0.2) is 0 Å². The lowest BCUT2D eigenvalue weighted by molar-refractivity contribution is 0.780. The fraction of sp³-hybridized carbons (Fsp3) is 0.333. The first-order valence-electron chi connectivity index (χ1n) is 6.16. The van der Waals surface area contributed by atoms with Crippen molar-refractivity contribution in [3.05, 3.63) is 40.8 Å². The summed E-state index contributed by atoms with van der Waals surface area (Å²) >= 11 is 1.68. The van der Waals surface area contributed by atoms with Gasteiger partial charge >= 0.3 is 0 Å². The summed E-state index contributed by atoms with van der Waals surface area (Å²) in [4.78, 5) is 5.65. The number of hydrogen-bond acceptors (Lipinski definition) is 3. The van der Waals surface area contributed by atoms with Gasteiger partial charge in [0.2, 0.25) is 0 Å². The number of imidazole rings is 1. The molecule has 0 bridgehead atoms. The summed E-state index contributed by atoms with van der Waals surface area (Å²) in [6.45, 7) is 6.16. The second kappa shape index (κ2) is 5.50. The van der Waals surface area contributed by atoms with Gasteiger partial charge in [0.25, 0.3) is 0 Å². The molecule has 2 aromatic rings. The highest BCUT2D eigenvalue weighted by molar-refractivity contribution is 7.99. The maximum Gasteiger partial charge on any atom is 0.106 e. The molecule has 2 rings (SSSR count). The monoisotopic (exact) mass is 271 g/mol. The van der Waals surface area contributed by atoms with Gasteiger partial charge in [-0.2, -0.15) is 5.26 Å². The topological polar surface area (TPSA) is 41.6 Å². The Kier molecular flexibility index (Phi) is 3.96. The molecule has 1 aromatic carbocycles. The quantitative estimate of drug-likeness (QED) is 0.857. The summed E-state index contributed by atoms with van der Waals surface area (Å²) < 4.78 is 2.05. The van der Waals surface area contributed by atoms with Gasteiger partial charge in [0, 0.05) is 11.9 Å². The lowest BCUT2D eigenvalue weighted by Crippen LogP contribution is -1.94. The van der Waals surface area contributed by atoms with Crippen molar-refractivity contribution in [2.45, 2.75) is 37.1 Å². The van der Waals surface area contributed by atoms with Gasteiger partial charge in [-0.3, -0.25) is 0 Å². The molecule has 0 aliphatic heterocycles. The van der Waals surface area contributed by atoms with Crippen molar-refractivity contribution in [1.82, 2.24) is 9.55 Å². The van der Waals surface area contributed by atoms with E-state index in [1.165, 1.54) is 16.0 Å². The van der Waals surface area contributed by atoms with E-state index < -0.39 is 0 Å². The molecule has 0 fully saturated rings. The summed E-state index contributed by atoms with van der Waals surface area (Å²) in [5.41, 5.74) is 3.37. The third-order valence-corrected chi connectivity index (χ3v) is 4.16. The van der Waals surface area contributed by atoms with Crippen molar-refractivity contribution in [3.8, 4) is 6.07 Å². The van der Waals surface area contributed by atoms with Crippen molar-refractivity contribution in [3.63, 3.8) is 0 Å². The standard InChI is InChI=1S/C15H17N3S/c1-10-7-11(2)9-13(8-10)19-15-14(5-6-16)17-12(3)18(15)4/h7-9H,5H2,1-4H3. The van der Waals surface area contributed by atoms with E-state index in [4.69, 9.17) is 5.26 Å². The maximum atomic E-state index is 8.89. The Hall–Kier alpha value is -1.73. The fourth-order valence-corrected chi connectivity index (χ4v) is 3.30. The predicted molar refractivity (Wildman–Crippen MR) is 77.3 cm³/mol. The summed E-state index contributed by atoms with van der Waals surface area (Å²) in [6.07, 6.45) is 0.356. The van der Waals surface area contributed by atoms with Crippen LogP contribution in [-0.2, 0) is 13.5 Å². The van der Waals surface area contributed by atoms with Gasteiger partial charge in [-0.05, 0) is 44.0 Å². The SMILES string of the molecule is Cc1cc(C)cc(Sc2c(CC#N)nc(C)n2C)c1. The molecule has 0 spiro atoms. The number of nitriles is 1. The highest BCUT2D eigenvalue weighted by Crippen LogP contribution is 2.32. The van der Waals surface area contributed by atoms with E-state index in [2.05, 4.69) is 47.7 Å². The van der Waals surface area contributed by atoms with Crippen molar-refractivity contribution in [2.24, 2.45) is 7.05 Å². The van der Waals surface area contributed by atoms with E-state index in [0.717, 1.165) is 16.5 Å². The van der Waals surface area contributed by atoms with Crippen LogP contribution >= 0.6 is 11.8 Å². The number of rotatable bonds is 3. The molecule has 0 aliphatic carbocycles. The molecule has 19 heavy (non-hydrogen) atoms. The maximum absolute atomic E-state index is 8.89. The van der Waals surface area contributed by atoms with Crippen LogP contribution in [0.5, 0.6) is 0 Å². The number of hydrogen-bond donors (Lipinski definition) is 0. The molecule has 0 unspecified atom stereocenters. The van der Waals surface area contributed by atoms with Gasteiger partial charge in [0.05, 0.1) is 18.2 Å². The van der Waals surface area contributed by atoms with Crippen LogP contribution in [0.2, 0.25) is 0 Å². The Bertz CT molecular complexity index is 630. The van der Waals surface area contributed by atoms with Crippen molar-refractivity contribution >= 4 is 11.8 Å². The van der Waals surface area contributed by atoms with Crippen molar-refractivity contribution in [2.75, 3.05) is 0 Å². The Morgan fingerprint density at radius 1 is 1.21 bits per heavy atom. The van der Waals surface area contributed by atoms with Crippen LogP contribution in [0.1, 0.15) is 22.6 Å². The first kappa shape index (κ1) is 13.7. The third-order valence-electron chi connectivity index (χ3n) is 2.99. The average molecular weight is 271 g/mol. The minimum Gasteiger partial charge on any atom is -0.326 e. The third kappa shape index (κ3) is 2.99. The molecule has 1 aromatic heterocycles. The van der Waals surface area contributed by atoms with Crippen LogP contribution in [0, 0.1) is 32.1 Å². The fourth-order valence-electron chi connectivity index (χ4n) is 2.08. The number of benzene rings is 1. The van der Waals surface area contributed by atoms with Crippen LogP contribution in [0.25, 0.3) is 0 Å². The largest absolute Gasteiger partial charge is 0.326 e. The molecule has 0 radical (unpaired) electrons. The molecule has 1 heterocycles. The smallest absolute Gasteiger partial charge is 0.106 e. The Labute approximate surface area is 118 Å². The number of aryl methyl sites for hydroxylation is 3. The Balaban J connectivity index is 2.40. The highest BCUT2D eigenvalue weighted by Gasteiger charge is 2.13. The van der Waals surface area contributed by atoms with Crippen molar-refractivity contribution in [1.29, 1.82) is 5.26 Å². The molecule has 0 saturated carbocycles. The minimum atomic E-state index is 0.356. The van der Waals surface area contributed by atoms with E-state index in [1.54, 1.807) is 11.8 Å². The highest BCUT2D eigenvalue weighted by atomic mass is 32.2. The molecule has 0 saturated heterocycles. The molecular weight excluding hydrogens is 254 g/mol. The average Bonchev–Trinajstić information content (AvgIpc) is 2.56. The van der Waals surface area contributed by atoms with E-state index >= 15 is 0 Å². The van der Waals surface area contributed by atoms with Gasteiger partial charge in [-0.25, -0.2) is 4.98 Å². The molecule has 4 heteroatoms. The Morgan fingerprint density at radius 2 is 1.84 bits per heavy atom. The molecule has 0 amide bonds. The van der Waals surface area contributed by atoms with Crippen LogP contribution < -0.4 is 0 Å². The summed E-state index contributed by atoms with van der Waals surface area (Å²) in [5.74, 6) is 0.942. The van der Waals surface area contributed by atoms with Crippen LogP contribution in [0.3, 0.4) is 0 Å². The molecule has 0 aliphatic rings. The molecular formula is C15H17N3S. The second-order valence-electron chi connectivity index (χ2n) is 4.73. The summed E-state index contributed by atoms with van der Waals surface area (Å²) in [7, 11) is 1.99. The predicted octanol–water partition coefficient (Wildman–Crippen LogP) is 3.56. The van der Waals surface area contributed by atoms with E-state index in [9.17, 15) is 0 Å². The summed E-state index contributed by atoms with van der Waals surface area (Å²) in [5, 5.41) is 9.95. The summed E-state index contributed by atoms with van der Waals surface area (Å²) in [6, 6.07) is 8.67. The lowest BCUT2D eigenvalue weighted by Gasteiger charge is -2.07. The first-order valence-corrected chi connectivity index (χ1v) is 6.98. The van der Waals surface area contributed by atoms with Crippen molar-refractivity contribution < 1.29 is 0 Å². The van der Waals surface area contributed by atoms with Gasteiger partial charge < -0.3 is 4.57 Å². The minimum absolute atomic E-state index is 0.356. The van der Waals surface area contributed by atoms with E-state index in [0.29, 0.717) is 6.42 Å². The van der Waals surface area contributed by atoms with Crippen LogP contribution in [0.4, 0.5) is 0 Å². The molecule has 3 nitrogen and oxygen atoms in total. The second-order valence-corrected chi connectivity index (χ2v) is 5.79. The Morgan fingerprint density at radius 3 is 2.42 bits per heavy atom. The lowest BCUT2D eigenvalue weighted by atomic mass is 10.2. The number of aromatic nitrogens is 2. The van der Waals surface area contributed by atoms with Crippen LogP contribution in [-0.4, -0.2) is 9.55 Å². The number of nitrogens with zero attached hydrogens (tertiary/aromatic N) is 3. The zero-order valence-corrected chi connectivity index (χ0v) is 12.5. The molecule has 0 N–H and O–H groups in total. The molecule has 0 atom stereocenters. The van der Waals surface area contributed by atoms with Gasteiger partial charge in [-0.1, -0.05) is 17.8 Å². The molecule has 98 valence electrons. The van der Waals surface area contributed by atoms with Crippen LogP contribution in [0.15, 0.2) is 28.1 Å². The zero-order valence-electron chi connectivity index (χ0n) is 11.7. The van der Waals surface area contributed by atoms with E-state index in [-0.39, 0.29) is 0 Å². The zero-order chi connectivity index (χ0) is 14.0. The van der Waals surface area contributed by atoms with E-state index in [1.807, 2.05) is 14.0 Å². The normalized spacial score (nSPS) is 10.5. The van der Waals surface area contributed by atoms with Gasteiger partial charge in [0.1, 0.15) is 10.9 Å². The first-order chi connectivity index (χ1) is 9.01. The van der Waals surface area contributed by atoms with Gasteiger partial charge in [-0.15, -0.1) is 0 Å².